The molecule has 0 fully saturated rings. The minimum atomic E-state index is -0.296. The third-order valence-corrected chi connectivity index (χ3v) is 3.17. The maximum Gasteiger partial charge on any atom is 0.141 e. The average molecular weight is 311 g/mol. The fraction of sp³-hybridized carbons (Fsp3) is 0.143. The van der Waals surface area contributed by atoms with E-state index in [9.17, 15) is 4.39 Å². The first-order valence-corrected chi connectivity index (χ1v) is 6.23. The van der Waals surface area contributed by atoms with Gasteiger partial charge in [-0.1, -0.05) is 12.1 Å². The zero-order valence-electron chi connectivity index (χ0n) is 9.78. The Hall–Kier alpha value is -1.39. The normalized spacial score (nSPS) is 10.4. The van der Waals surface area contributed by atoms with Crippen molar-refractivity contribution in [1.29, 1.82) is 0 Å². The van der Waals surface area contributed by atoms with Crippen molar-refractivity contribution in [3.63, 3.8) is 0 Å². The second-order valence-electron chi connectivity index (χ2n) is 3.94. The van der Waals surface area contributed by atoms with Crippen LogP contribution in [-0.4, -0.2) is 5.11 Å². The zero-order valence-corrected chi connectivity index (χ0v) is 11.4. The Balaban J connectivity index is 2.25. The topological polar surface area (TPSA) is 29.5 Å². The molecule has 0 aliphatic carbocycles. The van der Waals surface area contributed by atoms with Crippen molar-refractivity contribution in [1.82, 2.24) is 0 Å². The van der Waals surface area contributed by atoms with Crippen LogP contribution in [0.25, 0.3) is 0 Å². The lowest BCUT2D eigenvalue weighted by molar-refractivity contribution is 0.281. The third kappa shape index (κ3) is 2.89. The number of rotatable bonds is 3. The van der Waals surface area contributed by atoms with Gasteiger partial charge in [-0.3, -0.25) is 0 Å². The van der Waals surface area contributed by atoms with Gasteiger partial charge in [-0.05, 0) is 52.2 Å². The maximum absolute atomic E-state index is 13.4. The van der Waals surface area contributed by atoms with Gasteiger partial charge >= 0.3 is 0 Å². The summed E-state index contributed by atoms with van der Waals surface area (Å²) in [6.45, 7) is 1.67. The highest BCUT2D eigenvalue weighted by Crippen LogP contribution is 2.31. The summed E-state index contributed by atoms with van der Waals surface area (Å²) in [5.74, 6) is 0.724. The molecule has 0 saturated carbocycles. The number of hydrogen-bond acceptors (Lipinski definition) is 2. The van der Waals surface area contributed by atoms with Crippen LogP contribution in [0.2, 0.25) is 0 Å². The minimum absolute atomic E-state index is 0.0297. The molecule has 0 aliphatic rings. The molecule has 2 rings (SSSR count). The van der Waals surface area contributed by atoms with Crippen LogP contribution in [0.15, 0.2) is 40.9 Å². The monoisotopic (exact) mass is 310 g/mol. The summed E-state index contributed by atoms with van der Waals surface area (Å²) in [6.07, 6.45) is 0. The summed E-state index contributed by atoms with van der Waals surface area (Å²) in [5.41, 5.74) is 1.36. The van der Waals surface area contributed by atoms with Crippen molar-refractivity contribution < 1.29 is 14.2 Å². The van der Waals surface area contributed by atoms with Gasteiger partial charge in [-0.25, -0.2) is 4.39 Å². The van der Waals surface area contributed by atoms with Gasteiger partial charge in [-0.15, -0.1) is 0 Å². The van der Waals surface area contributed by atoms with E-state index in [1.165, 1.54) is 6.07 Å². The summed E-state index contributed by atoms with van der Waals surface area (Å²) in [6, 6.07) is 9.98. The largest absolute Gasteiger partial charge is 0.456 e. The summed E-state index contributed by atoms with van der Waals surface area (Å²) >= 11 is 3.35. The Morgan fingerprint density at radius 1 is 1.22 bits per heavy atom. The highest BCUT2D eigenvalue weighted by Gasteiger charge is 2.06. The smallest absolute Gasteiger partial charge is 0.141 e. The van der Waals surface area contributed by atoms with Gasteiger partial charge in [0.25, 0.3) is 0 Å². The molecule has 0 heterocycles. The van der Waals surface area contributed by atoms with Gasteiger partial charge < -0.3 is 9.84 Å². The Kier molecular flexibility index (Phi) is 3.99. The predicted molar refractivity (Wildman–Crippen MR) is 71.3 cm³/mol. The molecule has 18 heavy (non-hydrogen) atoms. The number of hydrogen-bond donors (Lipinski definition) is 1. The number of ether oxygens (including phenoxy) is 1. The standard InChI is InChI=1S/C14H12BrFO2/c1-9-2-4-11(7-13(9)16)18-14-5-3-10(8-17)6-12(14)15/h2-7,17H,8H2,1H3. The average Bonchev–Trinajstić information content (AvgIpc) is 2.36. The SMILES string of the molecule is Cc1ccc(Oc2ccc(CO)cc2Br)cc1F. The Bertz CT molecular complexity index is 570. The molecule has 94 valence electrons. The third-order valence-electron chi connectivity index (χ3n) is 2.55. The molecule has 0 saturated heterocycles. The second kappa shape index (κ2) is 5.50. The molecule has 1 N–H and O–H groups in total. The fourth-order valence-corrected chi connectivity index (χ4v) is 2.00. The summed E-state index contributed by atoms with van der Waals surface area (Å²) in [5, 5.41) is 9.00. The van der Waals surface area contributed by atoms with Crippen molar-refractivity contribution in [3.8, 4) is 11.5 Å². The number of aliphatic hydroxyl groups is 1. The highest BCUT2D eigenvalue weighted by atomic mass is 79.9. The lowest BCUT2D eigenvalue weighted by Crippen LogP contribution is -1.90. The van der Waals surface area contributed by atoms with Crippen LogP contribution in [0.4, 0.5) is 4.39 Å². The Morgan fingerprint density at radius 2 is 2.00 bits per heavy atom. The summed E-state index contributed by atoms with van der Waals surface area (Å²) in [7, 11) is 0. The van der Waals surface area contributed by atoms with Gasteiger partial charge in [0.15, 0.2) is 0 Å². The quantitative estimate of drug-likeness (QED) is 0.921. The van der Waals surface area contributed by atoms with Crippen LogP contribution in [0.1, 0.15) is 11.1 Å². The van der Waals surface area contributed by atoms with E-state index in [0.29, 0.717) is 17.1 Å². The van der Waals surface area contributed by atoms with E-state index in [-0.39, 0.29) is 12.4 Å². The zero-order chi connectivity index (χ0) is 13.1. The maximum atomic E-state index is 13.4. The van der Waals surface area contributed by atoms with Crippen LogP contribution in [0.3, 0.4) is 0 Å². The number of aliphatic hydroxyl groups excluding tert-OH is 1. The molecule has 2 nitrogen and oxygen atoms in total. The Morgan fingerprint density at radius 3 is 2.61 bits per heavy atom. The van der Waals surface area contributed by atoms with E-state index in [1.54, 1.807) is 37.3 Å². The molecule has 0 atom stereocenters. The molecular formula is C14H12BrFO2. The van der Waals surface area contributed by atoms with Crippen molar-refractivity contribution in [2.75, 3.05) is 0 Å². The summed E-state index contributed by atoms with van der Waals surface area (Å²) in [4.78, 5) is 0. The molecule has 0 spiro atoms. The van der Waals surface area contributed by atoms with E-state index < -0.39 is 0 Å². The summed E-state index contributed by atoms with van der Waals surface area (Å²) < 4.78 is 19.7. The lowest BCUT2D eigenvalue weighted by atomic mass is 10.2. The van der Waals surface area contributed by atoms with Crippen LogP contribution < -0.4 is 4.74 Å². The highest BCUT2D eigenvalue weighted by molar-refractivity contribution is 9.10. The predicted octanol–water partition coefficient (Wildman–Crippen LogP) is 4.18. The van der Waals surface area contributed by atoms with Crippen molar-refractivity contribution in [2.24, 2.45) is 0 Å². The van der Waals surface area contributed by atoms with Crippen LogP contribution >= 0.6 is 15.9 Å². The van der Waals surface area contributed by atoms with Gasteiger partial charge in [0.05, 0.1) is 11.1 Å². The van der Waals surface area contributed by atoms with Crippen molar-refractivity contribution in [2.45, 2.75) is 13.5 Å². The molecule has 0 aliphatic heterocycles. The molecule has 0 bridgehead atoms. The van der Waals surface area contributed by atoms with E-state index in [2.05, 4.69) is 15.9 Å². The first kappa shape index (κ1) is 13.1. The van der Waals surface area contributed by atoms with Gasteiger partial charge in [0, 0.05) is 6.07 Å². The van der Waals surface area contributed by atoms with Gasteiger partial charge in [-0.2, -0.15) is 0 Å². The van der Waals surface area contributed by atoms with E-state index in [4.69, 9.17) is 9.84 Å². The molecular weight excluding hydrogens is 299 g/mol. The first-order valence-electron chi connectivity index (χ1n) is 5.43. The molecule has 2 aromatic rings. The van der Waals surface area contributed by atoms with E-state index in [1.807, 2.05) is 0 Å². The number of aryl methyl sites for hydroxylation is 1. The number of halogens is 2. The second-order valence-corrected chi connectivity index (χ2v) is 4.79. The fourth-order valence-electron chi connectivity index (χ4n) is 1.49. The minimum Gasteiger partial charge on any atom is -0.456 e. The lowest BCUT2D eigenvalue weighted by Gasteiger charge is -2.09. The van der Waals surface area contributed by atoms with Crippen LogP contribution in [-0.2, 0) is 6.61 Å². The Labute approximate surface area is 113 Å². The molecule has 4 heteroatoms. The van der Waals surface area contributed by atoms with E-state index in [0.717, 1.165) is 10.0 Å². The molecule has 2 aromatic carbocycles. The van der Waals surface area contributed by atoms with Crippen molar-refractivity contribution in [3.05, 3.63) is 57.8 Å². The molecule has 0 unspecified atom stereocenters. The number of benzene rings is 2. The molecule has 0 amide bonds. The van der Waals surface area contributed by atoms with Crippen LogP contribution in [0, 0.1) is 12.7 Å². The van der Waals surface area contributed by atoms with Crippen LogP contribution in [0.5, 0.6) is 11.5 Å². The van der Waals surface area contributed by atoms with Gasteiger partial charge in [0.2, 0.25) is 0 Å². The molecule has 0 aromatic heterocycles. The van der Waals surface area contributed by atoms with E-state index >= 15 is 0 Å². The first-order chi connectivity index (χ1) is 8.60. The van der Waals surface area contributed by atoms with Crippen molar-refractivity contribution >= 4 is 15.9 Å². The van der Waals surface area contributed by atoms with Gasteiger partial charge in [0.1, 0.15) is 17.3 Å². The molecule has 0 radical (unpaired) electrons.